The number of nitrogen functional groups attached to an aromatic ring is 1. The van der Waals surface area contributed by atoms with Crippen molar-refractivity contribution in [3.05, 3.63) is 24.2 Å². The molecule has 0 aliphatic heterocycles. The summed E-state index contributed by atoms with van der Waals surface area (Å²) in [4.78, 5) is 10.9. The summed E-state index contributed by atoms with van der Waals surface area (Å²) in [6, 6.07) is 1.79. The molecule has 2 aromatic rings. The molecule has 0 aromatic carbocycles. The highest BCUT2D eigenvalue weighted by Crippen LogP contribution is 2.27. The molecular weight excluding hydrogens is 196 g/mol. The molecule has 0 unspecified atom stereocenters. The largest absolute Gasteiger partial charge is 0.477 e. The second-order valence-electron chi connectivity index (χ2n) is 3.23. The molecule has 0 aliphatic carbocycles. The Kier molecular flexibility index (Phi) is 1.96. The molecule has 0 aliphatic rings. The van der Waals surface area contributed by atoms with E-state index in [9.17, 15) is 4.79 Å². The van der Waals surface area contributed by atoms with Crippen LogP contribution in [0, 0.1) is 0 Å². The lowest BCUT2D eigenvalue weighted by Crippen LogP contribution is -1.99. The molecule has 2 heterocycles. The van der Waals surface area contributed by atoms with E-state index < -0.39 is 5.97 Å². The number of aryl methyl sites for hydroxylation is 1. The van der Waals surface area contributed by atoms with E-state index in [4.69, 9.17) is 10.8 Å². The molecule has 0 atom stereocenters. The van der Waals surface area contributed by atoms with Gasteiger partial charge in [-0.2, -0.15) is 5.10 Å². The monoisotopic (exact) mass is 206 g/mol. The average Bonchev–Trinajstić information content (AvgIpc) is 2.71. The first-order valence-electron chi connectivity index (χ1n) is 4.29. The molecule has 0 saturated carbocycles. The van der Waals surface area contributed by atoms with E-state index in [0.29, 0.717) is 5.56 Å². The zero-order chi connectivity index (χ0) is 11.0. The Balaban J connectivity index is 2.60. The lowest BCUT2D eigenvalue weighted by Gasteiger charge is -1.96. The lowest BCUT2D eigenvalue weighted by atomic mass is 10.1. The molecule has 6 nitrogen and oxygen atoms in total. The van der Waals surface area contributed by atoms with Gasteiger partial charge >= 0.3 is 5.97 Å². The molecule has 6 heteroatoms. The Labute approximate surface area is 85.3 Å². The number of rotatable bonds is 2. The Bertz CT molecular complexity index is 512. The standard InChI is InChI=1S/C9H10N4O2/c1-13-3-2-5(4-13)6-7(9(14)15)11-12-8(6)10/h2-4H,1H3,(H,14,15)(H3,10,11,12). The van der Waals surface area contributed by atoms with Crippen molar-refractivity contribution in [2.45, 2.75) is 0 Å². The third-order valence-corrected chi connectivity index (χ3v) is 2.13. The predicted molar refractivity (Wildman–Crippen MR) is 54.4 cm³/mol. The van der Waals surface area contributed by atoms with E-state index in [0.717, 1.165) is 5.56 Å². The lowest BCUT2D eigenvalue weighted by molar-refractivity contribution is 0.0691. The number of carbonyl (C=O) groups is 1. The number of carboxylic acids is 1. The van der Waals surface area contributed by atoms with Gasteiger partial charge in [-0.3, -0.25) is 5.10 Å². The van der Waals surface area contributed by atoms with Gasteiger partial charge in [-0.25, -0.2) is 4.79 Å². The van der Waals surface area contributed by atoms with Crippen molar-refractivity contribution in [2.75, 3.05) is 5.73 Å². The molecule has 0 fully saturated rings. The highest BCUT2D eigenvalue weighted by Gasteiger charge is 2.18. The number of aromatic amines is 1. The van der Waals surface area contributed by atoms with E-state index in [1.54, 1.807) is 12.3 Å². The maximum atomic E-state index is 10.9. The summed E-state index contributed by atoms with van der Waals surface area (Å²) < 4.78 is 1.81. The van der Waals surface area contributed by atoms with Crippen LogP contribution in [0.4, 0.5) is 5.82 Å². The van der Waals surface area contributed by atoms with E-state index in [2.05, 4.69) is 10.2 Å². The van der Waals surface area contributed by atoms with Crippen LogP contribution in [-0.4, -0.2) is 25.8 Å². The number of nitrogens with two attached hydrogens (primary N) is 1. The minimum Gasteiger partial charge on any atom is -0.477 e. The van der Waals surface area contributed by atoms with Crippen molar-refractivity contribution in [3.8, 4) is 11.1 Å². The van der Waals surface area contributed by atoms with Crippen LogP contribution in [0.2, 0.25) is 0 Å². The molecule has 78 valence electrons. The summed E-state index contributed by atoms with van der Waals surface area (Å²) in [5.41, 5.74) is 6.79. The van der Waals surface area contributed by atoms with Crippen molar-refractivity contribution in [3.63, 3.8) is 0 Å². The summed E-state index contributed by atoms with van der Waals surface area (Å²) in [7, 11) is 1.85. The smallest absolute Gasteiger partial charge is 0.354 e. The van der Waals surface area contributed by atoms with Crippen LogP contribution in [0.25, 0.3) is 11.1 Å². The third-order valence-electron chi connectivity index (χ3n) is 2.13. The molecule has 0 radical (unpaired) electrons. The van der Waals surface area contributed by atoms with Crippen LogP contribution in [0.1, 0.15) is 10.5 Å². The number of carboxylic acid groups (broad SMARTS) is 1. The summed E-state index contributed by atoms with van der Waals surface area (Å²) in [5.74, 6) is -0.878. The van der Waals surface area contributed by atoms with Gasteiger partial charge in [0.05, 0.1) is 5.56 Å². The Morgan fingerprint density at radius 3 is 2.93 bits per heavy atom. The number of hydrogen-bond donors (Lipinski definition) is 3. The second-order valence-corrected chi connectivity index (χ2v) is 3.23. The van der Waals surface area contributed by atoms with E-state index in [1.165, 1.54) is 0 Å². The zero-order valence-corrected chi connectivity index (χ0v) is 8.06. The van der Waals surface area contributed by atoms with Gasteiger partial charge < -0.3 is 15.4 Å². The van der Waals surface area contributed by atoms with Crippen LogP contribution >= 0.6 is 0 Å². The number of anilines is 1. The van der Waals surface area contributed by atoms with Gasteiger partial charge in [-0.1, -0.05) is 0 Å². The highest BCUT2D eigenvalue weighted by molar-refractivity contribution is 5.97. The van der Waals surface area contributed by atoms with E-state index in [-0.39, 0.29) is 11.5 Å². The van der Waals surface area contributed by atoms with Crippen molar-refractivity contribution in [1.82, 2.24) is 14.8 Å². The van der Waals surface area contributed by atoms with Crippen LogP contribution in [0.5, 0.6) is 0 Å². The molecule has 0 spiro atoms. The van der Waals surface area contributed by atoms with Gasteiger partial charge in [0.15, 0.2) is 11.5 Å². The van der Waals surface area contributed by atoms with Crippen molar-refractivity contribution in [2.24, 2.45) is 7.05 Å². The maximum absolute atomic E-state index is 10.9. The number of nitrogens with zero attached hydrogens (tertiary/aromatic N) is 2. The maximum Gasteiger partial charge on any atom is 0.354 e. The number of hydrogen-bond acceptors (Lipinski definition) is 3. The molecule has 0 bridgehead atoms. The number of H-pyrrole nitrogens is 1. The second kappa shape index (κ2) is 3.16. The first kappa shape index (κ1) is 9.32. The van der Waals surface area contributed by atoms with E-state index in [1.807, 2.05) is 17.8 Å². The molecular formula is C9H10N4O2. The van der Waals surface area contributed by atoms with Crippen LogP contribution in [0.3, 0.4) is 0 Å². The Morgan fingerprint density at radius 1 is 1.67 bits per heavy atom. The molecule has 0 saturated heterocycles. The number of nitrogens with one attached hydrogen (secondary N) is 1. The minimum atomic E-state index is -1.07. The quantitative estimate of drug-likeness (QED) is 0.673. The normalized spacial score (nSPS) is 10.5. The van der Waals surface area contributed by atoms with Gasteiger partial charge in [-0.05, 0) is 6.07 Å². The first-order valence-corrected chi connectivity index (χ1v) is 4.29. The number of aromatic carboxylic acids is 1. The van der Waals surface area contributed by atoms with Gasteiger partial charge in [0, 0.05) is 25.0 Å². The number of aromatic nitrogens is 3. The van der Waals surface area contributed by atoms with Gasteiger partial charge in [0.2, 0.25) is 0 Å². The van der Waals surface area contributed by atoms with Crippen LogP contribution < -0.4 is 5.73 Å². The fraction of sp³-hybridized carbons (Fsp3) is 0.111. The summed E-state index contributed by atoms with van der Waals surface area (Å²) in [5, 5.41) is 15.0. The molecule has 2 aromatic heterocycles. The average molecular weight is 206 g/mol. The topological polar surface area (TPSA) is 96.9 Å². The van der Waals surface area contributed by atoms with Crippen LogP contribution in [0.15, 0.2) is 18.5 Å². The summed E-state index contributed by atoms with van der Waals surface area (Å²) in [6.45, 7) is 0. The molecule has 2 rings (SSSR count). The molecule has 15 heavy (non-hydrogen) atoms. The highest BCUT2D eigenvalue weighted by atomic mass is 16.4. The predicted octanol–water partition coefficient (Wildman–Crippen LogP) is 0.696. The molecule has 4 N–H and O–H groups in total. The Hall–Kier alpha value is -2.24. The fourth-order valence-electron chi connectivity index (χ4n) is 1.45. The molecule has 0 amide bonds. The van der Waals surface area contributed by atoms with Crippen LogP contribution in [-0.2, 0) is 7.05 Å². The summed E-state index contributed by atoms with van der Waals surface area (Å²) in [6.07, 6.45) is 3.60. The third kappa shape index (κ3) is 1.45. The SMILES string of the molecule is Cn1ccc(-c2c(N)n[nH]c2C(=O)O)c1. The van der Waals surface area contributed by atoms with Gasteiger partial charge in [0.1, 0.15) is 0 Å². The zero-order valence-electron chi connectivity index (χ0n) is 8.06. The fourth-order valence-corrected chi connectivity index (χ4v) is 1.45. The van der Waals surface area contributed by atoms with E-state index >= 15 is 0 Å². The van der Waals surface area contributed by atoms with Crippen molar-refractivity contribution < 1.29 is 9.90 Å². The van der Waals surface area contributed by atoms with Gasteiger partial charge in [-0.15, -0.1) is 0 Å². The minimum absolute atomic E-state index is 0.0127. The van der Waals surface area contributed by atoms with Crippen molar-refractivity contribution >= 4 is 11.8 Å². The van der Waals surface area contributed by atoms with Crippen molar-refractivity contribution in [1.29, 1.82) is 0 Å². The first-order chi connectivity index (χ1) is 7.09. The summed E-state index contributed by atoms with van der Waals surface area (Å²) >= 11 is 0. The Morgan fingerprint density at radius 2 is 2.40 bits per heavy atom. The van der Waals surface area contributed by atoms with Gasteiger partial charge in [0.25, 0.3) is 0 Å².